The average Bonchev–Trinajstić information content (AvgIpc) is 2.98. The molecule has 0 amide bonds. The maximum atomic E-state index is 10.8. The summed E-state index contributed by atoms with van der Waals surface area (Å²) >= 11 is 0. The van der Waals surface area contributed by atoms with Crippen LogP contribution in [0.5, 0.6) is 0 Å². The lowest BCUT2D eigenvalue weighted by molar-refractivity contribution is 0.220. The van der Waals surface area contributed by atoms with Crippen molar-refractivity contribution >= 4 is 21.9 Å². The molecule has 3 aromatic carbocycles. The molecule has 0 saturated carbocycles. The Morgan fingerprint density at radius 2 is 1.40 bits per heavy atom. The average molecular weight is 330 g/mol. The summed E-state index contributed by atoms with van der Waals surface area (Å²) in [5, 5.41) is 13.0. The van der Waals surface area contributed by atoms with Gasteiger partial charge < -0.3 is 9.52 Å². The maximum Gasteiger partial charge on any atom is 0.135 e. The second-order valence-corrected chi connectivity index (χ2v) is 7.63. The van der Waals surface area contributed by atoms with Gasteiger partial charge in [0, 0.05) is 10.8 Å². The first-order valence-corrected chi connectivity index (χ1v) is 8.63. The van der Waals surface area contributed by atoms with E-state index < -0.39 is 6.10 Å². The molecule has 0 bridgehead atoms. The molecule has 1 heterocycles. The number of para-hydroxylation sites is 1. The molecule has 1 unspecified atom stereocenters. The Morgan fingerprint density at radius 3 is 2.12 bits per heavy atom. The van der Waals surface area contributed by atoms with Crippen molar-refractivity contribution in [3.63, 3.8) is 0 Å². The number of benzene rings is 3. The van der Waals surface area contributed by atoms with E-state index in [9.17, 15) is 5.11 Å². The van der Waals surface area contributed by atoms with Crippen molar-refractivity contribution in [1.82, 2.24) is 0 Å². The Hall–Kier alpha value is -2.58. The molecule has 0 radical (unpaired) electrons. The highest BCUT2D eigenvalue weighted by atomic mass is 16.3. The lowest BCUT2D eigenvalue weighted by Gasteiger charge is -2.20. The summed E-state index contributed by atoms with van der Waals surface area (Å²) in [6, 6.07) is 22.2. The fourth-order valence-electron chi connectivity index (χ4n) is 3.27. The van der Waals surface area contributed by atoms with E-state index in [0.717, 1.165) is 33.1 Å². The summed E-state index contributed by atoms with van der Waals surface area (Å²) in [6.45, 7) is 6.57. The Kier molecular flexibility index (Phi) is 3.66. The van der Waals surface area contributed by atoms with Crippen LogP contribution in [0.3, 0.4) is 0 Å². The number of rotatable bonds is 2. The molecule has 0 fully saturated rings. The van der Waals surface area contributed by atoms with Crippen LogP contribution in [-0.2, 0) is 5.41 Å². The summed E-state index contributed by atoms with van der Waals surface area (Å²) < 4.78 is 5.93. The van der Waals surface area contributed by atoms with Gasteiger partial charge in [0.25, 0.3) is 0 Å². The molecular formula is C23H22O2. The zero-order valence-corrected chi connectivity index (χ0v) is 14.8. The van der Waals surface area contributed by atoms with Crippen molar-refractivity contribution in [2.45, 2.75) is 32.3 Å². The number of aliphatic hydroxyl groups is 1. The van der Waals surface area contributed by atoms with E-state index in [1.165, 1.54) is 5.56 Å². The Labute approximate surface area is 147 Å². The highest BCUT2D eigenvalue weighted by molar-refractivity contribution is 6.04. The van der Waals surface area contributed by atoms with Gasteiger partial charge in [0.1, 0.15) is 17.3 Å². The van der Waals surface area contributed by atoms with Crippen molar-refractivity contribution in [2.75, 3.05) is 0 Å². The van der Waals surface area contributed by atoms with E-state index in [2.05, 4.69) is 39.0 Å². The van der Waals surface area contributed by atoms with Gasteiger partial charge in [0.15, 0.2) is 0 Å². The third kappa shape index (κ3) is 2.83. The molecule has 4 rings (SSSR count). The number of furan rings is 1. The van der Waals surface area contributed by atoms with Gasteiger partial charge in [-0.1, -0.05) is 75.4 Å². The van der Waals surface area contributed by atoms with Crippen LogP contribution in [0.4, 0.5) is 0 Å². The Bertz CT molecular complexity index is 1030. The van der Waals surface area contributed by atoms with Crippen LogP contribution in [0.15, 0.2) is 71.1 Å². The van der Waals surface area contributed by atoms with Gasteiger partial charge in [-0.05, 0) is 34.2 Å². The highest BCUT2D eigenvalue weighted by Crippen LogP contribution is 2.32. The van der Waals surface area contributed by atoms with E-state index >= 15 is 0 Å². The van der Waals surface area contributed by atoms with E-state index in [0.29, 0.717) is 0 Å². The quantitative estimate of drug-likeness (QED) is 0.491. The lowest BCUT2D eigenvalue weighted by atomic mass is 9.86. The van der Waals surface area contributed by atoms with Gasteiger partial charge in [-0.3, -0.25) is 0 Å². The summed E-state index contributed by atoms with van der Waals surface area (Å²) in [6.07, 6.45) is -0.661. The normalized spacial score (nSPS) is 13.4. The summed E-state index contributed by atoms with van der Waals surface area (Å²) in [4.78, 5) is 0. The van der Waals surface area contributed by atoms with Gasteiger partial charge in [0.2, 0.25) is 0 Å². The zero-order chi connectivity index (χ0) is 17.6. The zero-order valence-electron chi connectivity index (χ0n) is 14.8. The minimum atomic E-state index is -0.661. The number of hydrogen-bond donors (Lipinski definition) is 1. The van der Waals surface area contributed by atoms with Crippen molar-refractivity contribution in [1.29, 1.82) is 0 Å². The standard InChI is InChI=1S/C23H22O2/c1-23(2,3)17-11-8-15(9-12-17)22(24)16-10-13-19-18-6-4-5-7-20(18)25-21(19)14-16/h4-14,22,24H,1-3H3. The molecule has 1 N–H and O–H groups in total. The molecule has 0 aliphatic rings. The van der Waals surface area contributed by atoms with Gasteiger partial charge in [-0.15, -0.1) is 0 Å². The molecule has 126 valence electrons. The molecule has 25 heavy (non-hydrogen) atoms. The first-order valence-electron chi connectivity index (χ1n) is 8.63. The van der Waals surface area contributed by atoms with Crippen LogP contribution in [-0.4, -0.2) is 5.11 Å². The van der Waals surface area contributed by atoms with Gasteiger partial charge in [-0.25, -0.2) is 0 Å². The van der Waals surface area contributed by atoms with Crippen LogP contribution in [0.2, 0.25) is 0 Å². The molecule has 0 spiro atoms. The molecule has 0 saturated heterocycles. The minimum Gasteiger partial charge on any atom is -0.456 e. The van der Waals surface area contributed by atoms with Gasteiger partial charge in [-0.2, -0.15) is 0 Å². The van der Waals surface area contributed by atoms with E-state index in [1.54, 1.807) is 0 Å². The molecule has 0 aliphatic carbocycles. The molecule has 2 nitrogen and oxygen atoms in total. The van der Waals surface area contributed by atoms with Crippen LogP contribution in [0.1, 0.15) is 43.6 Å². The van der Waals surface area contributed by atoms with Gasteiger partial charge >= 0.3 is 0 Å². The molecule has 2 heteroatoms. The van der Waals surface area contributed by atoms with Gasteiger partial charge in [0.05, 0.1) is 0 Å². The summed E-state index contributed by atoms with van der Waals surface area (Å²) in [5.74, 6) is 0. The van der Waals surface area contributed by atoms with E-state index in [4.69, 9.17) is 4.42 Å². The lowest BCUT2D eigenvalue weighted by Crippen LogP contribution is -2.11. The molecular weight excluding hydrogens is 308 g/mol. The number of hydrogen-bond acceptors (Lipinski definition) is 2. The Balaban J connectivity index is 1.72. The van der Waals surface area contributed by atoms with Crippen LogP contribution >= 0.6 is 0 Å². The third-order valence-corrected chi connectivity index (χ3v) is 4.81. The predicted octanol–water partition coefficient (Wildman–Crippen LogP) is 5.97. The smallest absolute Gasteiger partial charge is 0.135 e. The minimum absolute atomic E-state index is 0.108. The fourth-order valence-corrected chi connectivity index (χ4v) is 3.27. The van der Waals surface area contributed by atoms with Crippen LogP contribution in [0, 0.1) is 0 Å². The van der Waals surface area contributed by atoms with E-state index in [-0.39, 0.29) is 5.41 Å². The number of fused-ring (bicyclic) bond motifs is 3. The first-order chi connectivity index (χ1) is 11.9. The summed E-state index contributed by atoms with van der Waals surface area (Å²) in [7, 11) is 0. The van der Waals surface area contributed by atoms with E-state index in [1.807, 2.05) is 48.5 Å². The second kappa shape index (κ2) is 5.75. The predicted molar refractivity (Wildman–Crippen MR) is 103 cm³/mol. The van der Waals surface area contributed by atoms with Crippen molar-refractivity contribution < 1.29 is 9.52 Å². The van der Waals surface area contributed by atoms with Crippen LogP contribution in [0.25, 0.3) is 21.9 Å². The molecule has 1 aromatic heterocycles. The molecule has 0 aliphatic heterocycles. The first kappa shape index (κ1) is 15.9. The number of aliphatic hydroxyl groups excluding tert-OH is 1. The SMILES string of the molecule is CC(C)(C)c1ccc(C(O)c2ccc3c(c2)oc2ccccc23)cc1. The molecule has 4 aromatic rings. The largest absolute Gasteiger partial charge is 0.456 e. The third-order valence-electron chi connectivity index (χ3n) is 4.81. The highest BCUT2D eigenvalue weighted by Gasteiger charge is 2.16. The van der Waals surface area contributed by atoms with Crippen molar-refractivity contribution in [2.24, 2.45) is 0 Å². The van der Waals surface area contributed by atoms with Crippen LogP contribution < -0.4 is 0 Å². The fraction of sp³-hybridized carbons (Fsp3) is 0.217. The van der Waals surface area contributed by atoms with Crippen molar-refractivity contribution in [3.8, 4) is 0 Å². The summed E-state index contributed by atoms with van der Waals surface area (Å²) in [5.41, 5.74) is 4.79. The second-order valence-electron chi connectivity index (χ2n) is 7.63. The Morgan fingerprint density at radius 1 is 0.760 bits per heavy atom. The van der Waals surface area contributed by atoms with Crippen molar-refractivity contribution in [3.05, 3.63) is 83.4 Å². The monoisotopic (exact) mass is 330 g/mol. The maximum absolute atomic E-state index is 10.8. The molecule has 1 atom stereocenters. The topological polar surface area (TPSA) is 33.4 Å².